The van der Waals surface area contributed by atoms with Crippen molar-refractivity contribution in [3.05, 3.63) is 54.9 Å². The molecule has 0 spiro atoms. The zero-order valence-corrected chi connectivity index (χ0v) is 9.71. The quantitative estimate of drug-likeness (QED) is 0.625. The Hall–Kier alpha value is -2.56. The van der Waals surface area contributed by atoms with Crippen LogP contribution in [-0.2, 0) is 11.3 Å². The third kappa shape index (κ3) is 3.21. The lowest BCUT2D eigenvalue weighted by molar-refractivity contribution is -0.684. The van der Waals surface area contributed by atoms with Gasteiger partial charge in [-0.1, -0.05) is 6.07 Å². The first-order valence-electron chi connectivity index (χ1n) is 5.49. The number of nitrogens with zero attached hydrogens (tertiary/aromatic N) is 2. The molecule has 90 valence electrons. The van der Waals surface area contributed by atoms with Crippen molar-refractivity contribution in [2.45, 2.75) is 6.54 Å². The lowest BCUT2D eigenvalue weighted by Gasteiger charge is -2.02. The molecule has 0 unspecified atom stereocenters. The van der Waals surface area contributed by atoms with E-state index < -0.39 is 0 Å². The molecule has 18 heavy (non-hydrogen) atoms. The van der Waals surface area contributed by atoms with Gasteiger partial charge in [-0.05, 0) is 24.3 Å². The first-order valence-corrected chi connectivity index (χ1v) is 5.49. The predicted molar refractivity (Wildman–Crippen MR) is 66.5 cm³/mol. The minimum Gasteiger partial charge on any atom is -0.321 e. The summed E-state index contributed by atoms with van der Waals surface area (Å²) in [4.78, 5) is 11.7. The lowest BCUT2D eigenvalue weighted by Crippen LogP contribution is -2.39. The van der Waals surface area contributed by atoms with Crippen molar-refractivity contribution >= 4 is 17.3 Å². The Morgan fingerprint density at radius 3 is 2.44 bits per heavy atom. The van der Waals surface area contributed by atoms with Crippen LogP contribution in [-0.4, -0.2) is 5.91 Å². The van der Waals surface area contributed by atoms with Crippen molar-refractivity contribution in [1.29, 1.82) is 5.53 Å². The van der Waals surface area contributed by atoms with Crippen LogP contribution in [0, 0.1) is 5.53 Å². The van der Waals surface area contributed by atoms with Gasteiger partial charge in [0.2, 0.25) is 6.54 Å². The molecule has 0 saturated heterocycles. The second-order valence-electron chi connectivity index (χ2n) is 3.75. The van der Waals surface area contributed by atoms with E-state index in [1.54, 1.807) is 28.8 Å². The molecule has 0 aliphatic carbocycles. The summed E-state index contributed by atoms with van der Waals surface area (Å²) in [5.41, 5.74) is 8.10. The van der Waals surface area contributed by atoms with Gasteiger partial charge in [0.1, 0.15) is 0 Å². The highest BCUT2D eigenvalue weighted by atomic mass is 16.1. The standard InChI is InChI=1S/C13H12N4O/c14-16-12-6-4-11(5-7-12)15-13(18)10-17-8-2-1-3-9-17/h1-9H,10H2,(H-,14,15,18)/p+1. The lowest BCUT2D eigenvalue weighted by atomic mass is 10.3. The molecule has 1 heterocycles. The minimum absolute atomic E-state index is 0.0956. The zero-order valence-electron chi connectivity index (χ0n) is 9.71. The first kappa shape index (κ1) is 11.9. The van der Waals surface area contributed by atoms with Crippen LogP contribution in [0.4, 0.5) is 11.4 Å². The highest BCUT2D eigenvalue weighted by Crippen LogP contribution is 2.15. The van der Waals surface area contributed by atoms with Crippen LogP contribution in [0.1, 0.15) is 0 Å². The molecular weight excluding hydrogens is 228 g/mol. The van der Waals surface area contributed by atoms with Gasteiger partial charge < -0.3 is 5.32 Å². The van der Waals surface area contributed by atoms with E-state index in [4.69, 9.17) is 5.53 Å². The monoisotopic (exact) mass is 241 g/mol. The number of hydrogen-bond donors (Lipinski definition) is 2. The van der Waals surface area contributed by atoms with Crippen LogP contribution in [0.25, 0.3) is 0 Å². The van der Waals surface area contributed by atoms with Crippen LogP contribution in [0.15, 0.2) is 60.0 Å². The smallest absolute Gasteiger partial charge is 0.290 e. The molecule has 5 heteroatoms. The van der Waals surface area contributed by atoms with Crippen molar-refractivity contribution < 1.29 is 9.36 Å². The van der Waals surface area contributed by atoms with Crippen molar-refractivity contribution in [3.8, 4) is 0 Å². The highest BCUT2D eigenvalue weighted by molar-refractivity contribution is 5.89. The molecule has 0 aliphatic rings. The van der Waals surface area contributed by atoms with E-state index in [-0.39, 0.29) is 12.5 Å². The van der Waals surface area contributed by atoms with Gasteiger partial charge >= 0.3 is 0 Å². The largest absolute Gasteiger partial charge is 0.321 e. The summed E-state index contributed by atoms with van der Waals surface area (Å²) < 4.78 is 1.79. The third-order valence-electron chi connectivity index (χ3n) is 2.38. The van der Waals surface area contributed by atoms with Crippen LogP contribution < -0.4 is 9.88 Å². The molecule has 1 amide bonds. The number of amides is 1. The van der Waals surface area contributed by atoms with Crippen molar-refractivity contribution in [3.63, 3.8) is 0 Å². The number of carbonyl (C=O) groups excluding carboxylic acids is 1. The van der Waals surface area contributed by atoms with E-state index in [1.165, 1.54) is 0 Å². The van der Waals surface area contributed by atoms with Gasteiger partial charge in [-0.15, -0.1) is 0 Å². The molecular formula is C13H13N4O+. The molecule has 2 N–H and O–H groups in total. The Kier molecular flexibility index (Phi) is 3.76. The maximum atomic E-state index is 11.7. The van der Waals surface area contributed by atoms with Crippen LogP contribution >= 0.6 is 0 Å². The number of pyridine rings is 1. The summed E-state index contributed by atoms with van der Waals surface area (Å²) in [5, 5.41) is 6.07. The topological polar surface area (TPSA) is 69.2 Å². The molecule has 0 saturated carbocycles. The minimum atomic E-state index is -0.0956. The summed E-state index contributed by atoms with van der Waals surface area (Å²) >= 11 is 0. The molecule has 2 rings (SSSR count). The van der Waals surface area contributed by atoms with Gasteiger partial charge in [-0.2, -0.15) is 9.68 Å². The van der Waals surface area contributed by atoms with E-state index in [0.29, 0.717) is 11.4 Å². The highest BCUT2D eigenvalue weighted by Gasteiger charge is 2.08. The van der Waals surface area contributed by atoms with Crippen LogP contribution in [0.5, 0.6) is 0 Å². The maximum absolute atomic E-state index is 11.7. The average Bonchev–Trinajstić information content (AvgIpc) is 2.40. The molecule has 1 aromatic carbocycles. The molecule has 1 aromatic heterocycles. The van der Waals surface area contributed by atoms with Gasteiger partial charge in [0.25, 0.3) is 5.91 Å². The first-order chi connectivity index (χ1) is 8.78. The zero-order chi connectivity index (χ0) is 12.8. The molecule has 5 nitrogen and oxygen atoms in total. The summed E-state index contributed by atoms with van der Waals surface area (Å²) in [6.07, 6.45) is 3.67. The van der Waals surface area contributed by atoms with Crippen molar-refractivity contribution in [2.75, 3.05) is 5.32 Å². The molecule has 0 bridgehead atoms. The molecule has 0 aliphatic heterocycles. The second-order valence-corrected chi connectivity index (χ2v) is 3.75. The number of rotatable bonds is 4. The van der Waals surface area contributed by atoms with E-state index in [2.05, 4.69) is 10.4 Å². The number of benzene rings is 1. The summed E-state index contributed by atoms with van der Waals surface area (Å²) in [6.45, 7) is 0.269. The van der Waals surface area contributed by atoms with E-state index in [0.717, 1.165) is 0 Å². The fourth-order valence-electron chi connectivity index (χ4n) is 1.53. The Morgan fingerprint density at radius 1 is 1.17 bits per heavy atom. The van der Waals surface area contributed by atoms with E-state index in [1.807, 2.05) is 30.6 Å². The van der Waals surface area contributed by atoms with E-state index in [9.17, 15) is 4.79 Å². The fraction of sp³-hybridized carbons (Fsp3) is 0.0769. The molecule has 0 radical (unpaired) electrons. The second kappa shape index (κ2) is 5.67. The molecule has 0 fully saturated rings. The molecule has 0 atom stereocenters. The number of hydrogen-bond acceptors (Lipinski definition) is 3. The number of aromatic nitrogens is 1. The number of carbonyl (C=O) groups is 1. The SMILES string of the molecule is N=Nc1ccc(NC(=O)C[n+]2ccccc2)cc1. The Labute approximate surface area is 105 Å². The summed E-state index contributed by atoms with van der Waals surface area (Å²) in [6, 6.07) is 12.4. The van der Waals surface area contributed by atoms with Crippen LogP contribution in [0.3, 0.4) is 0 Å². The Balaban J connectivity index is 1.96. The van der Waals surface area contributed by atoms with Crippen molar-refractivity contribution in [1.82, 2.24) is 0 Å². The predicted octanol–water partition coefficient (Wildman–Crippen LogP) is 2.28. The average molecular weight is 241 g/mol. The number of anilines is 1. The third-order valence-corrected chi connectivity index (χ3v) is 2.38. The molecule has 2 aromatic rings. The Bertz CT molecular complexity index is 537. The van der Waals surface area contributed by atoms with Gasteiger partial charge in [0, 0.05) is 17.8 Å². The Morgan fingerprint density at radius 2 is 1.83 bits per heavy atom. The normalized spacial score (nSPS) is 9.78. The van der Waals surface area contributed by atoms with Gasteiger partial charge in [0.05, 0.1) is 5.69 Å². The maximum Gasteiger partial charge on any atom is 0.290 e. The van der Waals surface area contributed by atoms with Gasteiger partial charge in [0.15, 0.2) is 12.4 Å². The summed E-state index contributed by atoms with van der Waals surface area (Å²) in [7, 11) is 0. The van der Waals surface area contributed by atoms with Gasteiger partial charge in [-0.25, -0.2) is 5.53 Å². The summed E-state index contributed by atoms with van der Waals surface area (Å²) in [5.74, 6) is -0.0956. The fourth-order valence-corrected chi connectivity index (χ4v) is 1.53. The van der Waals surface area contributed by atoms with Crippen molar-refractivity contribution in [2.24, 2.45) is 5.11 Å². The van der Waals surface area contributed by atoms with Crippen LogP contribution in [0.2, 0.25) is 0 Å². The van der Waals surface area contributed by atoms with Gasteiger partial charge in [-0.3, -0.25) is 4.79 Å². The number of nitrogens with one attached hydrogen (secondary N) is 2. The van der Waals surface area contributed by atoms with E-state index >= 15 is 0 Å².